The SMILES string of the molecule is Cc1cccnc1S(=O)(=O)N1CCCC(NC(=O)C(CC(C)C)NC(=O)c2cc3sccc3s2)[C@@H](O)C1. The fourth-order valence-corrected chi connectivity index (χ4v) is 8.09. The number of aromatic nitrogens is 1. The van der Waals surface area contributed by atoms with Crippen molar-refractivity contribution in [3.63, 3.8) is 0 Å². The third-order valence-corrected chi connectivity index (χ3v) is 10.4. The predicted molar refractivity (Wildman–Crippen MR) is 145 cm³/mol. The van der Waals surface area contributed by atoms with E-state index in [1.807, 2.05) is 31.4 Å². The molecule has 1 aliphatic heterocycles. The largest absolute Gasteiger partial charge is 0.390 e. The van der Waals surface area contributed by atoms with E-state index in [1.165, 1.54) is 21.8 Å². The van der Waals surface area contributed by atoms with Gasteiger partial charge < -0.3 is 15.7 Å². The molecule has 37 heavy (non-hydrogen) atoms. The molecule has 2 unspecified atom stereocenters. The fourth-order valence-electron chi connectivity index (χ4n) is 4.45. The van der Waals surface area contributed by atoms with Crippen molar-refractivity contribution in [1.82, 2.24) is 19.9 Å². The lowest BCUT2D eigenvalue weighted by atomic mass is 10.0. The highest BCUT2D eigenvalue weighted by atomic mass is 32.2. The molecule has 3 aromatic heterocycles. The van der Waals surface area contributed by atoms with E-state index in [1.54, 1.807) is 30.4 Å². The van der Waals surface area contributed by atoms with Crippen LogP contribution in [-0.4, -0.2) is 65.9 Å². The summed E-state index contributed by atoms with van der Waals surface area (Å²) in [7, 11) is -3.89. The summed E-state index contributed by atoms with van der Waals surface area (Å²) in [5.74, 6) is -0.552. The number of aryl methyl sites for hydroxylation is 1. The molecule has 200 valence electrons. The van der Waals surface area contributed by atoms with Gasteiger partial charge in [0.05, 0.1) is 17.0 Å². The number of fused-ring (bicyclic) bond motifs is 1. The summed E-state index contributed by atoms with van der Waals surface area (Å²) in [4.78, 5) is 30.8. The zero-order valence-corrected chi connectivity index (χ0v) is 23.5. The van der Waals surface area contributed by atoms with E-state index < -0.39 is 28.2 Å². The number of sulfonamides is 1. The van der Waals surface area contributed by atoms with Crippen LogP contribution in [0.15, 0.2) is 40.9 Å². The van der Waals surface area contributed by atoms with E-state index in [4.69, 9.17) is 0 Å². The molecule has 4 rings (SSSR count). The molecule has 2 amide bonds. The molecule has 0 aliphatic carbocycles. The molecule has 0 bridgehead atoms. The standard InChI is InChI=1S/C25H32N4O5S3/c1-15(2)12-18(28-24(32)22-13-21-20(36-22)8-11-35-21)23(31)27-17-7-5-10-29(14-19(17)30)37(33,34)25-16(3)6-4-9-26-25/h4,6,8-9,11,13,15,17-19,30H,5,7,10,12,14H2,1-3H3,(H,27,31)(H,28,32)/t17?,18?,19-/m0/s1. The Kier molecular flexibility index (Phi) is 8.64. The molecule has 0 spiro atoms. The third kappa shape index (κ3) is 6.37. The van der Waals surface area contributed by atoms with Crippen LogP contribution < -0.4 is 10.6 Å². The first kappa shape index (κ1) is 27.6. The van der Waals surface area contributed by atoms with Crippen molar-refractivity contribution in [3.8, 4) is 0 Å². The molecule has 3 aromatic rings. The van der Waals surface area contributed by atoms with Crippen LogP contribution >= 0.6 is 22.7 Å². The average Bonchev–Trinajstić information content (AvgIpc) is 3.39. The average molecular weight is 565 g/mol. The molecule has 3 N–H and O–H groups in total. The van der Waals surface area contributed by atoms with Crippen LogP contribution in [0.5, 0.6) is 0 Å². The number of thiophene rings is 2. The Morgan fingerprint density at radius 1 is 1.27 bits per heavy atom. The van der Waals surface area contributed by atoms with Gasteiger partial charge in [-0.1, -0.05) is 19.9 Å². The summed E-state index contributed by atoms with van der Waals surface area (Å²) in [5, 5.41) is 18.6. The van der Waals surface area contributed by atoms with Crippen molar-refractivity contribution in [1.29, 1.82) is 0 Å². The molecule has 1 fully saturated rings. The highest BCUT2D eigenvalue weighted by Gasteiger charge is 2.35. The van der Waals surface area contributed by atoms with Crippen LogP contribution in [-0.2, 0) is 14.8 Å². The number of aliphatic hydroxyl groups is 1. The van der Waals surface area contributed by atoms with Gasteiger partial charge in [0, 0.05) is 28.7 Å². The number of pyridine rings is 1. The molecule has 4 heterocycles. The molecule has 1 aliphatic rings. The lowest BCUT2D eigenvalue weighted by Crippen LogP contribution is -2.54. The van der Waals surface area contributed by atoms with E-state index in [0.717, 1.165) is 9.40 Å². The van der Waals surface area contributed by atoms with Gasteiger partial charge in [0.1, 0.15) is 6.04 Å². The number of rotatable bonds is 8. The molecule has 12 heteroatoms. The zero-order chi connectivity index (χ0) is 26.7. The minimum Gasteiger partial charge on any atom is -0.390 e. The maximum Gasteiger partial charge on any atom is 0.262 e. The van der Waals surface area contributed by atoms with Gasteiger partial charge in [-0.25, -0.2) is 13.4 Å². The van der Waals surface area contributed by atoms with Crippen molar-refractivity contribution >= 4 is 53.9 Å². The van der Waals surface area contributed by atoms with Gasteiger partial charge in [0.2, 0.25) is 5.91 Å². The maximum absolute atomic E-state index is 13.3. The van der Waals surface area contributed by atoms with Crippen molar-refractivity contribution in [2.45, 2.75) is 63.2 Å². The second-order valence-electron chi connectivity index (χ2n) is 9.73. The van der Waals surface area contributed by atoms with Crippen LogP contribution in [0.1, 0.15) is 48.3 Å². The lowest BCUT2D eigenvalue weighted by molar-refractivity contribution is -0.125. The second-order valence-corrected chi connectivity index (χ2v) is 13.6. The summed E-state index contributed by atoms with van der Waals surface area (Å²) < 4.78 is 29.7. The normalized spacial score (nSPS) is 20.0. The van der Waals surface area contributed by atoms with Gasteiger partial charge >= 0.3 is 0 Å². The smallest absolute Gasteiger partial charge is 0.262 e. The van der Waals surface area contributed by atoms with Crippen molar-refractivity contribution in [3.05, 3.63) is 46.3 Å². The number of amides is 2. The summed E-state index contributed by atoms with van der Waals surface area (Å²) in [6.45, 7) is 5.67. The van der Waals surface area contributed by atoms with Gasteiger partial charge in [-0.05, 0) is 61.2 Å². The van der Waals surface area contributed by atoms with Crippen LogP contribution in [0.2, 0.25) is 0 Å². The first-order valence-corrected chi connectivity index (χ1v) is 15.4. The Labute approximate surface area is 225 Å². The first-order valence-electron chi connectivity index (χ1n) is 12.2. The zero-order valence-electron chi connectivity index (χ0n) is 21.0. The molecule has 0 radical (unpaired) electrons. The number of carbonyl (C=O) groups is 2. The van der Waals surface area contributed by atoms with Gasteiger partial charge in [0.25, 0.3) is 15.9 Å². The lowest BCUT2D eigenvalue weighted by Gasteiger charge is -2.27. The number of hydrogen-bond donors (Lipinski definition) is 3. The van der Waals surface area contributed by atoms with E-state index in [0.29, 0.717) is 29.7 Å². The van der Waals surface area contributed by atoms with Gasteiger partial charge in [-0.15, -0.1) is 22.7 Å². The number of nitrogens with zero attached hydrogens (tertiary/aromatic N) is 2. The van der Waals surface area contributed by atoms with Crippen molar-refractivity contribution < 1.29 is 23.1 Å². The van der Waals surface area contributed by atoms with Gasteiger partial charge in [0.15, 0.2) is 5.03 Å². The minimum atomic E-state index is -3.89. The summed E-state index contributed by atoms with van der Waals surface area (Å²) in [6.07, 6.45) is 1.62. The van der Waals surface area contributed by atoms with Crippen molar-refractivity contribution in [2.24, 2.45) is 5.92 Å². The summed E-state index contributed by atoms with van der Waals surface area (Å²) in [6, 6.07) is 5.73. The van der Waals surface area contributed by atoms with Crippen molar-refractivity contribution in [2.75, 3.05) is 13.1 Å². The number of carbonyl (C=O) groups excluding carboxylic acids is 2. The predicted octanol–water partition coefficient (Wildman–Crippen LogP) is 3.14. The van der Waals surface area contributed by atoms with E-state index >= 15 is 0 Å². The Bertz CT molecular complexity index is 1340. The fraction of sp³-hybridized carbons (Fsp3) is 0.480. The quantitative estimate of drug-likeness (QED) is 0.386. The Hall–Kier alpha value is -2.38. The van der Waals surface area contributed by atoms with Crippen LogP contribution in [0.3, 0.4) is 0 Å². The number of hydrogen-bond acceptors (Lipinski definition) is 8. The van der Waals surface area contributed by atoms with Crippen LogP contribution in [0.4, 0.5) is 0 Å². The number of nitrogens with one attached hydrogen (secondary N) is 2. The number of aliphatic hydroxyl groups excluding tert-OH is 1. The molecule has 0 saturated carbocycles. The highest BCUT2D eigenvalue weighted by Crippen LogP contribution is 2.30. The van der Waals surface area contributed by atoms with E-state index in [9.17, 15) is 23.1 Å². The third-order valence-electron chi connectivity index (χ3n) is 6.34. The summed E-state index contributed by atoms with van der Waals surface area (Å²) >= 11 is 2.94. The molecule has 1 saturated heterocycles. The minimum absolute atomic E-state index is 0.0298. The molecule has 0 aromatic carbocycles. The molecule has 9 nitrogen and oxygen atoms in total. The maximum atomic E-state index is 13.3. The molecule has 3 atom stereocenters. The Morgan fingerprint density at radius 3 is 2.76 bits per heavy atom. The Balaban J connectivity index is 1.43. The monoisotopic (exact) mass is 564 g/mol. The number of β-amino-alcohol motifs (C(OH)–C–C–N with tert-alkyl or cyclic N) is 1. The first-order chi connectivity index (χ1) is 17.6. The Morgan fingerprint density at radius 2 is 2.05 bits per heavy atom. The highest BCUT2D eigenvalue weighted by molar-refractivity contribution is 7.89. The van der Waals surface area contributed by atoms with Crippen LogP contribution in [0, 0.1) is 12.8 Å². The second kappa shape index (κ2) is 11.6. The van der Waals surface area contributed by atoms with E-state index in [2.05, 4.69) is 15.6 Å². The summed E-state index contributed by atoms with van der Waals surface area (Å²) in [5.41, 5.74) is 0.531. The topological polar surface area (TPSA) is 129 Å². The van der Waals surface area contributed by atoms with Gasteiger partial charge in [-0.2, -0.15) is 4.31 Å². The van der Waals surface area contributed by atoms with E-state index in [-0.39, 0.29) is 35.8 Å². The molecular formula is C25H32N4O5S3. The molecular weight excluding hydrogens is 532 g/mol. The van der Waals surface area contributed by atoms with Crippen LogP contribution in [0.25, 0.3) is 9.40 Å². The van der Waals surface area contributed by atoms with Gasteiger partial charge in [-0.3, -0.25) is 9.59 Å².